The number of alkyl halides is 3. The van der Waals surface area contributed by atoms with Crippen LogP contribution in [0.4, 0.5) is 19.0 Å². The summed E-state index contributed by atoms with van der Waals surface area (Å²) in [5, 5.41) is 8.69. The Labute approximate surface area is 106 Å². The molecule has 1 aromatic rings. The van der Waals surface area contributed by atoms with Crippen molar-refractivity contribution in [3.63, 3.8) is 0 Å². The summed E-state index contributed by atoms with van der Waals surface area (Å²) in [4.78, 5) is 15.6. The Hall–Kier alpha value is -1.50. The number of rotatable bonds is 4. The molecule has 0 atom stereocenters. The molecule has 0 unspecified atom stereocenters. The van der Waals surface area contributed by atoms with E-state index >= 15 is 0 Å². The van der Waals surface area contributed by atoms with Crippen molar-refractivity contribution in [2.24, 2.45) is 0 Å². The van der Waals surface area contributed by atoms with Gasteiger partial charge in [-0.3, -0.25) is 0 Å². The van der Waals surface area contributed by atoms with Crippen molar-refractivity contribution in [3.8, 4) is 0 Å². The molecular weight excluding hydrogens is 273 g/mol. The predicted octanol–water partition coefficient (Wildman–Crippen LogP) is 2.82. The van der Waals surface area contributed by atoms with Crippen molar-refractivity contribution >= 4 is 23.4 Å². The van der Waals surface area contributed by atoms with E-state index in [1.165, 1.54) is 11.9 Å². The molecule has 0 aliphatic rings. The molecule has 0 saturated heterocycles. The van der Waals surface area contributed by atoms with Gasteiger partial charge in [-0.25, -0.2) is 9.78 Å². The number of aromatic nitrogens is 1. The Bertz CT molecular complexity index is 451. The van der Waals surface area contributed by atoms with Crippen LogP contribution in [0.2, 0.25) is 5.02 Å². The van der Waals surface area contributed by atoms with Crippen molar-refractivity contribution in [2.45, 2.75) is 12.6 Å². The Morgan fingerprint density at radius 1 is 1.56 bits per heavy atom. The topological polar surface area (TPSA) is 53.4 Å². The van der Waals surface area contributed by atoms with E-state index < -0.39 is 18.6 Å². The summed E-state index contributed by atoms with van der Waals surface area (Å²) in [6, 6.07) is 1.15. The highest BCUT2D eigenvalue weighted by Crippen LogP contribution is 2.25. The SMILES string of the molecule is CN(CCC(F)(F)F)c1ncc(C(=O)O)cc1Cl. The van der Waals surface area contributed by atoms with Crippen molar-refractivity contribution in [1.29, 1.82) is 0 Å². The van der Waals surface area contributed by atoms with Gasteiger partial charge in [-0.2, -0.15) is 13.2 Å². The third-order valence-electron chi connectivity index (χ3n) is 2.16. The number of hydrogen-bond acceptors (Lipinski definition) is 3. The summed E-state index contributed by atoms with van der Waals surface area (Å²) in [5.41, 5.74) is -0.118. The van der Waals surface area contributed by atoms with Crippen LogP contribution in [-0.4, -0.2) is 35.8 Å². The van der Waals surface area contributed by atoms with Gasteiger partial charge in [0.05, 0.1) is 17.0 Å². The summed E-state index contributed by atoms with van der Waals surface area (Å²) >= 11 is 5.77. The van der Waals surface area contributed by atoms with Gasteiger partial charge in [-0.05, 0) is 6.07 Å². The number of anilines is 1. The zero-order chi connectivity index (χ0) is 13.9. The third kappa shape index (κ3) is 4.06. The molecule has 4 nitrogen and oxygen atoms in total. The summed E-state index contributed by atoms with van der Waals surface area (Å²) in [5.74, 6) is -1.08. The number of carboxylic acids is 1. The zero-order valence-electron chi connectivity index (χ0n) is 9.33. The maximum absolute atomic E-state index is 12.0. The molecule has 100 valence electrons. The minimum atomic E-state index is -4.26. The fraction of sp³-hybridized carbons (Fsp3) is 0.400. The molecule has 1 rings (SSSR count). The Morgan fingerprint density at radius 3 is 2.61 bits per heavy atom. The Kier molecular flexibility index (Phi) is 4.39. The Balaban J connectivity index is 2.80. The van der Waals surface area contributed by atoms with Crippen LogP contribution >= 0.6 is 11.6 Å². The summed E-state index contributed by atoms with van der Waals surface area (Å²) < 4.78 is 36.1. The number of hydrogen-bond donors (Lipinski definition) is 1. The van der Waals surface area contributed by atoms with Crippen LogP contribution in [0.5, 0.6) is 0 Å². The zero-order valence-corrected chi connectivity index (χ0v) is 10.1. The van der Waals surface area contributed by atoms with E-state index in [2.05, 4.69) is 4.98 Å². The van der Waals surface area contributed by atoms with Crippen molar-refractivity contribution < 1.29 is 23.1 Å². The maximum Gasteiger partial charge on any atom is 0.390 e. The van der Waals surface area contributed by atoms with Gasteiger partial charge in [0, 0.05) is 19.8 Å². The first-order valence-corrected chi connectivity index (χ1v) is 5.25. The lowest BCUT2D eigenvalue weighted by Crippen LogP contribution is -2.25. The van der Waals surface area contributed by atoms with E-state index in [9.17, 15) is 18.0 Å². The molecule has 0 fully saturated rings. The fourth-order valence-corrected chi connectivity index (χ4v) is 1.54. The molecule has 0 amide bonds. The van der Waals surface area contributed by atoms with Gasteiger partial charge in [-0.15, -0.1) is 0 Å². The molecule has 0 aliphatic heterocycles. The molecular formula is C10H10ClF3N2O2. The summed E-state index contributed by atoms with van der Waals surface area (Å²) in [6.07, 6.45) is -4.21. The largest absolute Gasteiger partial charge is 0.478 e. The van der Waals surface area contributed by atoms with E-state index in [4.69, 9.17) is 16.7 Å². The van der Waals surface area contributed by atoms with Crippen LogP contribution < -0.4 is 4.90 Å². The molecule has 1 heterocycles. The van der Waals surface area contributed by atoms with E-state index in [-0.39, 0.29) is 22.9 Å². The lowest BCUT2D eigenvalue weighted by atomic mass is 10.3. The fourth-order valence-electron chi connectivity index (χ4n) is 1.23. The standard InChI is InChI=1S/C10H10ClF3N2O2/c1-16(3-2-10(12,13)14)8-7(11)4-6(5-15-8)9(17)18/h4-5H,2-3H2,1H3,(H,17,18). The summed E-state index contributed by atoms with van der Waals surface area (Å²) in [6.45, 7) is -0.303. The van der Waals surface area contributed by atoms with Gasteiger partial charge in [0.1, 0.15) is 5.82 Å². The van der Waals surface area contributed by atoms with Crippen LogP contribution in [0, 0.1) is 0 Å². The third-order valence-corrected chi connectivity index (χ3v) is 2.44. The number of carboxylic acid groups (broad SMARTS) is 1. The predicted molar refractivity (Wildman–Crippen MR) is 60.1 cm³/mol. The summed E-state index contributed by atoms with van der Waals surface area (Å²) in [7, 11) is 1.40. The van der Waals surface area contributed by atoms with E-state index in [0.29, 0.717) is 0 Å². The van der Waals surface area contributed by atoms with Crippen molar-refractivity contribution in [2.75, 3.05) is 18.5 Å². The highest BCUT2D eigenvalue weighted by molar-refractivity contribution is 6.33. The number of pyridine rings is 1. The number of halogens is 4. The first kappa shape index (κ1) is 14.6. The van der Waals surface area contributed by atoms with E-state index in [1.54, 1.807) is 0 Å². The lowest BCUT2D eigenvalue weighted by molar-refractivity contribution is -0.132. The molecule has 0 radical (unpaired) electrons. The molecule has 0 saturated carbocycles. The second-order valence-electron chi connectivity index (χ2n) is 3.62. The average Bonchev–Trinajstić information content (AvgIpc) is 2.24. The first-order chi connectivity index (χ1) is 8.20. The van der Waals surface area contributed by atoms with Crippen molar-refractivity contribution in [3.05, 3.63) is 22.8 Å². The number of aromatic carboxylic acids is 1. The molecule has 18 heavy (non-hydrogen) atoms. The highest BCUT2D eigenvalue weighted by Gasteiger charge is 2.27. The van der Waals surface area contributed by atoms with Gasteiger partial charge in [0.25, 0.3) is 0 Å². The molecule has 1 N–H and O–H groups in total. The van der Waals surface area contributed by atoms with E-state index in [0.717, 1.165) is 12.3 Å². The van der Waals surface area contributed by atoms with Gasteiger partial charge in [0.15, 0.2) is 0 Å². The minimum absolute atomic E-state index is 0.000394. The van der Waals surface area contributed by atoms with Crippen molar-refractivity contribution in [1.82, 2.24) is 4.98 Å². The molecule has 0 aromatic carbocycles. The van der Waals surface area contributed by atoms with Gasteiger partial charge in [-0.1, -0.05) is 11.6 Å². The Morgan fingerprint density at radius 2 is 2.17 bits per heavy atom. The highest BCUT2D eigenvalue weighted by atomic mass is 35.5. The average molecular weight is 283 g/mol. The quantitative estimate of drug-likeness (QED) is 0.922. The van der Waals surface area contributed by atoms with Gasteiger partial charge < -0.3 is 10.0 Å². The normalized spacial score (nSPS) is 11.4. The van der Waals surface area contributed by atoms with Crippen LogP contribution in [0.25, 0.3) is 0 Å². The molecule has 0 aliphatic carbocycles. The number of nitrogens with zero attached hydrogens (tertiary/aromatic N) is 2. The molecule has 0 bridgehead atoms. The molecule has 1 aromatic heterocycles. The second kappa shape index (κ2) is 5.43. The smallest absolute Gasteiger partial charge is 0.390 e. The van der Waals surface area contributed by atoms with Crippen LogP contribution in [-0.2, 0) is 0 Å². The van der Waals surface area contributed by atoms with Crippen LogP contribution in [0.3, 0.4) is 0 Å². The van der Waals surface area contributed by atoms with Gasteiger partial charge in [0.2, 0.25) is 0 Å². The maximum atomic E-state index is 12.0. The van der Waals surface area contributed by atoms with Gasteiger partial charge >= 0.3 is 12.1 Å². The molecule has 0 spiro atoms. The van der Waals surface area contributed by atoms with E-state index in [1.807, 2.05) is 0 Å². The lowest BCUT2D eigenvalue weighted by Gasteiger charge is -2.20. The molecule has 8 heteroatoms. The number of carbonyl (C=O) groups is 1. The van der Waals surface area contributed by atoms with Crippen LogP contribution in [0.15, 0.2) is 12.3 Å². The first-order valence-electron chi connectivity index (χ1n) is 4.87. The van der Waals surface area contributed by atoms with Crippen LogP contribution in [0.1, 0.15) is 16.8 Å². The second-order valence-corrected chi connectivity index (χ2v) is 4.03. The minimum Gasteiger partial charge on any atom is -0.478 e. The monoisotopic (exact) mass is 282 g/mol.